The van der Waals surface area contributed by atoms with Crippen LogP contribution in [0.2, 0.25) is 0 Å². The number of nitrogens with one attached hydrogen (secondary N) is 1. The van der Waals surface area contributed by atoms with Crippen LogP contribution in [0.25, 0.3) is 0 Å². The number of ether oxygens (including phenoxy) is 1. The molecule has 1 atom stereocenters. The van der Waals surface area contributed by atoms with Crippen molar-refractivity contribution in [1.82, 2.24) is 5.32 Å². The first-order valence-electron chi connectivity index (χ1n) is 5.91. The molecule has 0 amide bonds. The summed E-state index contributed by atoms with van der Waals surface area (Å²) >= 11 is 2.03. The van der Waals surface area contributed by atoms with Crippen molar-refractivity contribution in [1.29, 1.82) is 0 Å². The summed E-state index contributed by atoms with van der Waals surface area (Å²) in [5, 5.41) is 3.67. The second-order valence-corrected chi connectivity index (χ2v) is 6.20. The standard InChI is InChI=1S/C12H25NOS/c1-10(2)11(8-14-3)13-9-12(15-4)6-5-7-12/h10-11,13H,5-9H2,1-4H3. The zero-order chi connectivity index (χ0) is 11.3. The summed E-state index contributed by atoms with van der Waals surface area (Å²) in [5.41, 5.74) is 0. The van der Waals surface area contributed by atoms with Crippen LogP contribution in [0.15, 0.2) is 0 Å². The molecule has 1 saturated carbocycles. The molecule has 0 aromatic rings. The largest absolute Gasteiger partial charge is 0.383 e. The lowest BCUT2D eigenvalue weighted by Gasteiger charge is -2.42. The summed E-state index contributed by atoms with van der Waals surface area (Å²) in [5.74, 6) is 0.643. The molecule has 1 aliphatic carbocycles. The van der Waals surface area contributed by atoms with Gasteiger partial charge >= 0.3 is 0 Å². The molecule has 90 valence electrons. The lowest BCUT2D eigenvalue weighted by molar-refractivity contribution is 0.142. The molecule has 0 bridgehead atoms. The molecule has 1 rings (SSSR count). The lowest BCUT2D eigenvalue weighted by atomic mass is 9.84. The highest BCUT2D eigenvalue weighted by molar-refractivity contribution is 8.00. The van der Waals surface area contributed by atoms with Gasteiger partial charge in [0.1, 0.15) is 0 Å². The third-order valence-electron chi connectivity index (χ3n) is 3.54. The third-order valence-corrected chi connectivity index (χ3v) is 4.95. The van der Waals surface area contributed by atoms with E-state index in [-0.39, 0.29) is 0 Å². The molecule has 3 heteroatoms. The monoisotopic (exact) mass is 231 g/mol. The van der Waals surface area contributed by atoms with E-state index in [9.17, 15) is 0 Å². The maximum Gasteiger partial charge on any atom is 0.0618 e. The molecule has 0 radical (unpaired) electrons. The molecule has 1 N–H and O–H groups in total. The van der Waals surface area contributed by atoms with Crippen molar-refractivity contribution in [3.8, 4) is 0 Å². The van der Waals surface area contributed by atoms with E-state index in [0.29, 0.717) is 16.7 Å². The molecule has 1 fully saturated rings. The molecule has 0 aromatic heterocycles. The molecule has 0 heterocycles. The molecule has 0 spiro atoms. The van der Waals surface area contributed by atoms with Gasteiger partial charge < -0.3 is 10.1 Å². The minimum atomic E-state index is 0.500. The highest BCUT2D eigenvalue weighted by Gasteiger charge is 2.36. The Morgan fingerprint density at radius 3 is 2.40 bits per heavy atom. The van der Waals surface area contributed by atoms with E-state index in [0.717, 1.165) is 13.2 Å². The van der Waals surface area contributed by atoms with Crippen molar-refractivity contribution in [2.45, 2.75) is 43.9 Å². The summed E-state index contributed by atoms with van der Waals surface area (Å²) in [4.78, 5) is 0. The SMILES string of the molecule is COCC(NCC1(SC)CCC1)C(C)C. The van der Waals surface area contributed by atoms with Crippen molar-refractivity contribution in [2.24, 2.45) is 5.92 Å². The molecule has 1 unspecified atom stereocenters. The van der Waals surface area contributed by atoms with E-state index < -0.39 is 0 Å². The first-order valence-corrected chi connectivity index (χ1v) is 7.13. The van der Waals surface area contributed by atoms with E-state index in [1.807, 2.05) is 11.8 Å². The van der Waals surface area contributed by atoms with Crippen molar-refractivity contribution >= 4 is 11.8 Å². The van der Waals surface area contributed by atoms with Gasteiger partial charge in [-0.05, 0) is 25.0 Å². The Morgan fingerprint density at radius 1 is 1.40 bits per heavy atom. The fourth-order valence-corrected chi connectivity index (χ4v) is 2.93. The van der Waals surface area contributed by atoms with Gasteiger partial charge in [0.2, 0.25) is 0 Å². The minimum Gasteiger partial charge on any atom is -0.383 e. The number of hydrogen-bond donors (Lipinski definition) is 1. The Balaban J connectivity index is 2.32. The molecular formula is C12H25NOS. The van der Waals surface area contributed by atoms with E-state index >= 15 is 0 Å². The molecule has 0 aromatic carbocycles. The third kappa shape index (κ3) is 3.65. The molecule has 1 aliphatic rings. The van der Waals surface area contributed by atoms with E-state index in [4.69, 9.17) is 4.74 Å². The van der Waals surface area contributed by atoms with Crippen molar-refractivity contribution in [3.05, 3.63) is 0 Å². The first kappa shape index (κ1) is 13.3. The van der Waals surface area contributed by atoms with Crippen LogP contribution in [-0.2, 0) is 4.74 Å². The maximum atomic E-state index is 5.25. The second kappa shape index (κ2) is 6.12. The van der Waals surface area contributed by atoms with Crippen LogP contribution in [0.5, 0.6) is 0 Å². The Kier molecular flexibility index (Phi) is 5.44. The van der Waals surface area contributed by atoms with Gasteiger partial charge in [0.25, 0.3) is 0 Å². The highest BCUT2D eigenvalue weighted by Crippen LogP contribution is 2.42. The molecule has 0 aliphatic heterocycles. The summed E-state index contributed by atoms with van der Waals surface area (Å²) in [7, 11) is 1.78. The maximum absolute atomic E-state index is 5.25. The van der Waals surface area contributed by atoms with E-state index in [1.165, 1.54) is 19.3 Å². The minimum absolute atomic E-state index is 0.500. The zero-order valence-corrected chi connectivity index (χ0v) is 11.3. The van der Waals surface area contributed by atoms with Crippen LogP contribution in [-0.4, -0.2) is 37.3 Å². The van der Waals surface area contributed by atoms with Crippen LogP contribution < -0.4 is 5.32 Å². The Morgan fingerprint density at radius 2 is 2.07 bits per heavy atom. The Bertz CT molecular complexity index is 175. The fourth-order valence-electron chi connectivity index (χ4n) is 2.01. The van der Waals surface area contributed by atoms with Gasteiger partial charge in [-0.1, -0.05) is 20.3 Å². The summed E-state index contributed by atoms with van der Waals surface area (Å²) < 4.78 is 5.78. The second-order valence-electron chi connectivity index (χ2n) is 4.93. The number of thioether (sulfide) groups is 1. The van der Waals surface area contributed by atoms with E-state index in [2.05, 4.69) is 25.4 Å². The average molecular weight is 231 g/mol. The van der Waals surface area contributed by atoms with Crippen LogP contribution >= 0.6 is 11.8 Å². The normalized spacial score (nSPS) is 21.4. The molecule has 0 saturated heterocycles. The average Bonchev–Trinajstić information content (AvgIpc) is 2.14. The van der Waals surface area contributed by atoms with Gasteiger partial charge in [0.15, 0.2) is 0 Å². The summed E-state index contributed by atoms with van der Waals surface area (Å²) in [6.07, 6.45) is 6.39. The number of rotatable bonds is 7. The molecular weight excluding hydrogens is 206 g/mol. The van der Waals surface area contributed by atoms with Crippen molar-refractivity contribution in [2.75, 3.05) is 26.5 Å². The van der Waals surface area contributed by atoms with Crippen LogP contribution in [0.3, 0.4) is 0 Å². The summed E-state index contributed by atoms with van der Waals surface area (Å²) in [6.45, 7) is 6.47. The predicted octanol–water partition coefficient (Wildman–Crippen LogP) is 2.53. The van der Waals surface area contributed by atoms with Crippen LogP contribution in [0.4, 0.5) is 0 Å². The Labute approximate surface area is 98.5 Å². The van der Waals surface area contributed by atoms with Gasteiger partial charge in [0, 0.05) is 24.4 Å². The summed E-state index contributed by atoms with van der Waals surface area (Å²) in [6, 6.07) is 0.500. The van der Waals surface area contributed by atoms with Gasteiger partial charge in [-0.25, -0.2) is 0 Å². The first-order chi connectivity index (χ1) is 7.13. The quantitative estimate of drug-likeness (QED) is 0.727. The number of hydrogen-bond acceptors (Lipinski definition) is 3. The predicted molar refractivity (Wildman–Crippen MR) is 68.6 cm³/mol. The fraction of sp³-hybridized carbons (Fsp3) is 1.00. The van der Waals surface area contributed by atoms with Crippen LogP contribution in [0.1, 0.15) is 33.1 Å². The smallest absolute Gasteiger partial charge is 0.0618 e. The number of methoxy groups -OCH3 is 1. The molecule has 15 heavy (non-hydrogen) atoms. The topological polar surface area (TPSA) is 21.3 Å². The lowest BCUT2D eigenvalue weighted by Crippen LogP contribution is -2.49. The van der Waals surface area contributed by atoms with Gasteiger partial charge in [0.05, 0.1) is 6.61 Å². The highest BCUT2D eigenvalue weighted by atomic mass is 32.2. The van der Waals surface area contributed by atoms with Crippen molar-refractivity contribution < 1.29 is 4.74 Å². The van der Waals surface area contributed by atoms with Crippen LogP contribution in [0, 0.1) is 5.92 Å². The van der Waals surface area contributed by atoms with Gasteiger partial charge in [-0.2, -0.15) is 11.8 Å². The van der Waals surface area contributed by atoms with E-state index in [1.54, 1.807) is 7.11 Å². The Hall–Kier alpha value is 0.270. The van der Waals surface area contributed by atoms with Gasteiger partial charge in [-0.15, -0.1) is 0 Å². The zero-order valence-electron chi connectivity index (χ0n) is 10.5. The molecule has 2 nitrogen and oxygen atoms in total. The van der Waals surface area contributed by atoms with Crippen molar-refractivity contribution in [3.63, 3.8) is 0 Å². The van der Waals surface area contributed by atoms with Gasteiger partial charge in [-0.3, -0.25) is 0 Å².